The predicted molar refractivity (Wildman–Crippen MR) is 229 cm³/mol. The standard InChI is InChI=1S/C52H33NO2/c1-2-11-36-31-39(21-20-34(36)10-1)38-13-9-12-37(30-38)35-22-25-41(26-23-35)53(42-27-29-47-45-16-5-8-19-50(45)55-52(47)33-42)48-17-6-3-14-43(48)40-24-28-46-44-15-4-7-18-49(44)54-51(46)32-40/h1-33H. The molecule has 9 aromatic carbocycles. The molecule has 2 aromatic heterocycles. The lowest BCUT2D eigenvalue weighted by atomic mass is 9.97. The van der Waals surface area contributed by atoms with Gasteiger partial charge in [-0.15, -0.1) is 0 Å². The summed E-state index contributed by atoms with van der Waals surface area (Å²) in [6.07, 6.45) is 0. The second-order valence-electron chi connectivity index (χ2n) is 14.1. The summed E-state index contributed by atoms with van der Waals surface area (Å²) in [5.41, 5.74) is 13.5. The van der Waals surface area contributed by atoms with E-state index in [2.05, 4.69) is 181 Å². The quantitative estimate of drug-likeness (QED) is 0.173. The normalized spacial score (nSPS) is 11.6. The summed E-state index contributed by atoms with van der Waals surface area (Å²) in [5, 5.41) is 6.95. The topological polar surface area (TPSA) is 29.5 Å². The van der Waals surface area contributed by atoms with Crippen LogP contribution in [0.4, 0.5) is 17.1 Å². The van der Waals surface area contributed by atoms with Crippen LogP contribution in [0.5, 0.6) is 0 Å². The van der Waals surface area contributed by atoms with Gasteiger partial charge in [0.25, 0.3) is 0 Å². The van der Waals surface area contributed by atoms with E-state index in [9.17, 15) is 0 Å². The zero-order valence-corrected chi connectivity index (χ0v) is 29.8. The fourth-order valence-corrected chi connectivity index (χ4v) is 8.14. The summed E-state index contributed by atoms with van der Waals surface area (Å²) in [6.45, 7) is 0. The Bertz CT molecular complexity index is 3220. The fourth-order valence-electron chi connectivity index (χ4n) is 8.14. The van der Waals surface area contributed by atoms with Gasteiger partial charge in [0.1, 0.15) is 22.3 Å². The predicted octanol–water partition coefficient (Wildman–Crippen LogP) is 15.1. The van der Waals surface area contributed by atoms with Crippen LogP contribution in [0.1, 0.15) is 0 Å². The molecule has 0 aliphatic rings. The summed E-state index contributed by atoms with van der Waals surface area (Å²) in [7, 11) is 0. The average molecular weight is 704 g/mol. The van der Waals surface area contributed by atoms with E-state index in [1.807, 2.05) is 24.3 Å². The van der Waals surface area contributed by atoms with Crippen molar-refractivity contribution in [2.45, 2.75) is 0 Å². The minimum absolute atomic E-state index is 0.854. The van der Waals surface area contributed by atoms with Crippen LogP contribution in [-0.2, 0) is 0 Å². The molecule has 0 amide bonds. The highest BCUT2D eigenvalue weighted by Gasteiger charge is 2.20. The third kappa shape index (κ3) is 5.36. The van der Waals surface area contributed by atoms with Gasteiger partial charge < -0.3 is 13.7 Å². The minimum atomic E-state index is 0.854. The Hall–Kier alpha value is -7.36. The fraction of sp³-hybridized carbons (Fsp3) is 0. The van der Waals surface area contributed by atoms with Gasteiger partial charge in [-0.1, -0.05) is 127 Å². The van der Waals surface area contributed by atoms with Crippen LogP contribution >= 0.6 is 0 Å². The van der Waals surface area contributed by atoms with Crippen LogP contribution in [-0.4, -0.2) is 0 Å². The molecule has 0 atom stereocenters. The molecule has 2 heterocycles. The van der Waals surface area contributed by atoms with E-state index in [1.54, 1.807) is 0 Å². The SMILES string of the molecule is c1cc(-c2ccc(N(c3ccc4c(c3)oc3ccccc34)c3ccccc3-c3ccc4c(c3)oc3ccccc34)cc2)cc(-c2ccc3ccccc3c2)c1. The Balaban J connectivity index is 1.03. The molecule has 11 aromatic rings. The first-order valence-corrected chi connectivity index (χ1v) is 18.7. The monoisotopic (exact) mass is 703 g/mol. The summed E-state index contributed by atoms with van der Waals surface area (Å²) < 4.78 is 12.8. The Morgan fingerprint density at radius 3 is 1.62 bits per heavy atom. The van der Waals surface area contributed by atoms with Gasteiger partial charge in [0.05, 0.1) is 5.69 Å². The van der Waals surface area contributed by atoms with Crippen molar-refractivity contribution in [2.24, 2.45) is 0 Å². The van der Waals surface area contributed by atoms with E-state index >= 15 is 0 Å². The molecule has 0 spiro atoms. The molecule has 55 heavy (non-hydrogen) atoms. The summed E-state index contributed by atoms with van der Waals surface area (Å²) in [5.74, 6) is 0. The number of para-hydroxylation sites is 3. The van der Waals surface area contributed by atoms with E-state index in [0.717, 1.165) is 77.6 Å². The van der Waals surface area contributed by atoms with Crippen LogP contribution in [0.2, 0.25) is 0 Å². The van der Waals surface area contributed by atoms with Gasteiger partial charge in [-0.2, -0.15) is 0 Å². The van der Waals surface area contributed by atoms with Crippen LogP contribution in [0.25, 0.3) is 88.0 Å². The molecule has 0 fully saturated rings. The van der Waals surface area contributed by atoms with Gasteiger partial charge in [0.2, 0.25) is 0 Å². The molecule has 11 rings (SSSR count). The third-order valence-electron chi connectivity index (χ3n) is 10.9. The molecular weight excluding hydrogens is 671 g/mol. The number of anilines is 3. The molecule has 0 saturated carbocycles. The van der Waals surface area contributed by atoms with Crippen molar-refractivity contribution in [1.82, 2.24) is 0 Å². The van der Waals surface area contributed by atoms with Crippen LogP contribution in [0, 0.1) is 0 Å². The lowest BCUT2D eigenvalue weighted by Crippen LogP contribution is -2.11. The number of nitrogens with zero attached hydrogens (tertiary/aromatic N) is 1. The van der Waals surface area contributed by atoms with Crippen LogP contribution < -0.4 is 4.90 Å². The summed E-state index contributed by atoms with van der Waals surface area (Å²) in [6, 6.07) is 71.1. The largest absolute Gasteiger partial charge is 0.456 e. The average Bonchev–Trinajstić information content (AvgIpc) is 3.82. The van der Waals surface area contributed by atoms with Gasteiger partial charge in [0.15, 0.2) is 0 Å². The van der Waals surface area contributed by atoms with Gasteiger partial charge >= 0.3 is 0 Å². The summed E-state index contributed by atoms with van der Waals surface area (Å²) >= 11 is 0. The highest BCUT2D eigenvalue weighted by molar-refractivity contribution is 6.08. The Labute approximate surface area is 317 Å². The molecule has 3 nitrogen and oxygen atoms in total. The van der Waals surface area contributed by atoms with E-state index in [-0.39, 0.29) is 0 Å². The molecule has 0 bridgehead atoms. The van der Waals surface area contributed by atoms with Crippen molar-refractivity contribution in [1.29, 1.82) is 0 Å². The van der Waals surface area contributed by atoms with E-state index in [4.69, 9.17) is 8.83 Å². The zero-order chi connectivity index (χ0) is 36.3. The Morgan fingerprint density at radius 2 is 0.836 bits per heavy atom. The smallest absolute Gasteiger partial charge is 0.137 e. The van der Waals surface area contributed by atoms with Gasteiger partial charge in [-0.3, -0.25) is 0 Å². The van der Waals surface area contributed by atoms with Crippen molar-refractivity contribution < 1.29 is 8.83 Å². The van der Waals surface area contributed by atoms with Gasteiger partial charge in [0, 0.05) is 44.5 Å². The molecular formula is C52H33NO2. The van der Waals surface area contributed by atoms with Crippen molar-refractivity contribution >= 4 is 71.7 Å². The lowest BCUT2D eigenvalue weighted by molar-refractivity contribution is 0.668. The maximum atomic E-state index is 6.42. The summed E-state index contributed by atoms with van der Waals surface area (Å²) in [4.78, 5) is 2.33. The lowest BCUT2D eigenvalue weighted by Gasteiger charge is -2.28. The molecule has 0 aliphatic carbocycles. The van der Waals surface area contributed by atoms with Crippen LogP contribution in [0.15, 0.2) is 209 Å². The van der Waals surface area contributed by atoms with Crippen molar-refractivity contribution in [3.05, 3.63) is 200 Å². The highest BCUT2D eigenvalue weighted by atomic mass is 16.3. The molecule has 0 N–H and O–H groups in total. The molecule has 258 valence electrons. The Morgan fingerprint density at radius 1 is 0.291 bits per heavy atom. The number of rotatable bonds is 6. The maximum absolute atomic E-state index is 6.42. The third-order valence-corrected chi connectivity index (χ3v) is 10.9. The number of hydrogen-bond donors (Lipinski definition) is 0. The maximum Gasteiger partial charge on any atom is 0.137 e. The molecule has 3 heteroatoms. The van der Waals surface area contributed by atoms with Crippen LogP contribution in [0.3, 0.4) is 0 Å². The molecule has 0 radical (unpaired) electrons. The molecule has 0 aliphatic heterocycles. The minimum Gasteiger partial charge on any atom is -0.456 e. The zero-order valence-electron chi connectivity index (χ0n) is 29.8. The van der Waals surface area contributed by atoms with E-state index in [1.165, 1.54) is 27.5 Å². The Kier molecular flexibility index (Phi) is 7.17. The molecule has 0 saturated heterocycles. The van der Waals surface area contributed by atoms with Gasteiger partial charge in [-0.25, -0.2) is 0 Å². The first-order valence-electron chi connectivity index (χ1n) is 18.7. The van der Waals surface area contributed by atoms with Crippen molar-refractivity contribution in [3.63, 3.8) is 0 Å². The number of benzene rings is 9. The number of hydrogen-bond acceptors (Lipinski definition) is 3. The van der Waals surface area contributed by atoms with Crippen molar-refractivity contribution in [3.8, 4) is 33.4 Å². The van der Waals surface area contributed by atoms with Gasteiger partial charge in [-0.05, 0) is 105 Å². The molecule has 0 unspecified atom stereocenters. The first-order chi connectivity index (χ1) is 27.2. The van der Waals surface area contributed by atoms with E-state index in [0.29, 0.717) is 0 Å². The van der Waals surface area contributed by atoms with Crippen molar-refractivity contribution in [2.75, 3.05) is 4.90 Å². The second kappa shape index (κ2) is 12.6. The first kappa shape index (κ1) is 31.2. The number of furan rings is 2. The highest BCUT2D eigenvalue weighted by Crippen LogP contribution is 2.44. The number of fused-ring (bicyclic) bond motifs is 7. The second-order valence-corrected chi connectivity index (χ2v) is 14.1. The van der Waals surface area contributed by atoms with E-state index < -0.39 is 0 Å².